The molecule has 2 aromatic rings. The Balaban J connectivity index is 2.19. The Labute approximate surface area is 114 Å². The normalized spacial score (nSPS) is 10.2. The molecule has 0 fully saturated rings. The van der Waals surface area contributed by atoms with Gasteiger partial charge in [0, 0.05) is 17.8 Å². The van der Waals surface area contributed by atoms with Gasteiger partial charge in [0.2, 0.25) is 0 Å². The number of benzene rings is 1. The summed E-state index contributed by atoms with van der Waals surface area (Å²) in [5.74, 6) is -1.38. The molecule has 2 rings (SSSR count). The van der Waals surface area contributed by atoms with Crippen LogP contribution < -0.4 is 10.5 Å². The largest absolute Gasteiger partial charge is 0.486 e. The van der Waals surface area contributed by atoms with Crippen molar-refractivity contribution in [1.29, 1.82) is 0 Å². The molecule has 98 valence electrons. The van der Waals surface area contributed by atoms with E-state index < -0.39 is 11.6 Å². The summed E-state index contributed by atoms with van der Waals surface area (Å²) in [6.07, 6.45) is 1.54. The summed E-state index contributed by atoms with van der Waals surface area (Å²) < 4.78 is 31.6. The highest BCUT2D eigenvalue weighted by Crippen LogP contribution is 2.19. The number of hydrogen-bond donors (Lipinski definition) is 1. The number of nitrogens with zero attached hydrogens (tertiary/aromatic N) is 1. The predicted octanol–water partition coefficient (Wildman–Crippen LogP) is 2.57. The van der Waals surface area contributed by atoms with Crippen LogP contribution in [0.15, 0.2) is 36.5 Å². The number of thiocarbonyl (C=S) groups is 1. The molecule has 0 unspecified atom stereocenters. The predicted molar refractivity (Wildman–Crippen MR) is 70.8 cm³/mol. The van der Waals surface area contributed by atoms with Crippen LogP contribution in [-0.4, -0.2) is 9.97 Å². The third-order valence-corrected chi connectivity index (χ3v) is 2.59. The third kappa shape index (κ3) is 3.23. The average Bonchev–Trinajstić information content (AvgIpc) is 2.40. The van der Waals surface area contributed by atoms with Crippen molar-refractivity contribution in [3.8, 4) is 5.75 Å². The first-order chi connectivity index (χ1) is 9.08. The van der Waals surface area contributed by atoms with Crippen molar-refractivity contribution in [3.05, 3.63) is 59.4 Å². The van der Waals surface area contributed by atoms with Crippen molar-refractivity contribution in [2.24, 2.45) is 5.73 Å². The fraction of sp³-hybridized carbons (Fsp3) is 0.0769. The Hall–Kier alpha value is -2.08. The van der Waals surface area contributed by atoms with Crippen LogP contribution in [0.2, 0.25) is 0 Å². The van der Waals surface area contributed by atoms with Crippen molar-refractivity contribution in [1.82, 2.24) is 4.98 Å². The Morgan fingerprint density at radius 1 is 1.32 bits per heavy atom. The molecule has 1 heterocycles. The summed E-state index contributed by atoms with van der Waals surface area (Å²) >= 11 is 4.85. The fourth-order valence-corrected chi connectivity index (χ4v) is 1.70. The van der Waals surface area contributed by atoms with Gasteiger partial charge in [-0.3, -0.25) is 4.98 Å². The van der Waals surface area contributed by atoms with Gasteiger partial charge in [-0.15, -0.1) is 0 Å². The molecule has 0 atom stereocenters. The van der Waals surface area contributed by atoms with Crippen LogP contribution in [-0.2, 0) is 6.61 Å². The van der Waals surface area contributed by atoms with Gasteiger partial charge in [-0.2, -0.15) is 0 Å². The average molecular weight is 280 g/mol. The molecule has 0 bridgehead atoms. The maximum absolute atomic E-state index is 13.4. The third-order valence-electron chi connectivity index (χ3n) is 2.40. The van der Waals surface area contributed by atoms with Gasteiger partial charge >= 0.3 is 0 Å². The van der Waals surface area contributed by atoms with Crippen molar-refractivity contribution >= 4 is 17.2 Å². The van der Waals surface area contributed by atoms with Gasteiger partial charge in [0.1, 0.15) is 23.1 Å². The number of ether oxygens (including phenoxy) is 1. The van der Waals surface area contributed by atoms with Crippen LogP contribution in [0.1, 0.15) is 11.3 Å². The van der Waals surface area contributed by atoms with Crippen molar-refractivity contribution in [2.45, 2.75) is 6.61 Å². The quantitative estimate of drug-likeness (QED) is 0.874. The molecule has 0 aliphatic carbocycles. The van der Waals surface area contributed by atoms with E-state index in [9.17, 15) is 8.78 Å². The first kappa shape index (κ1) is 13.4. The van der Waals surface area contributed by atoms with E-state index >= 15 is 0 Å². The standard InChI is InChI=1S/C13H10F2N2OS/c14-9-3-4-10(15)11(6-9)18-7-8-2-1-5-17-12(8)13(16)19/h1-6H,7H2,(H2,16,19). The Morgan fingerprint density at radius 2 is 2.11 bits per heavy atom. The van der Waals surface area contributed by atoms with Crippen LogP contribution in [0.5, 0.6) is 5.75 Å². The topological polar surface area (TPSA) is 48.1 Å². The summed E-state index contributed by atoms with van der Waals surface area (Å²) in [4.78, 5) is 4.14. The van der Waals surface area contributed by atoms with E-state index in [2.05, 4.69) is 4.98 Å². The van der Waals surface area contributed by atoms with Crippen LogP contribution in [0.4, 0.5) is 8.78 Å². The molecule has 0 saturated heterocycles. The lowest BCUT2D eigenvalue weighted by Crippen LogP contribution is -2.15. The minimum Gasteiger partial charge on any atom is -0.486 e. The second-order valence-corrected chi connectivity index (χ2v) is 4.18. The Kier molecular flexibility index (Phi) is 4.01. The second kappa shape index (κ2) is 5.71. The zero-order valence-electron chi connectivity index (χ0n) is 9.77. The van der Waals surface area contributed by atoms with E-state index in [-0.39, 0.29) is 17.3 Å². The molecule has 6 heteroatoms. The van der Waals surface area contributed by atoms with E-state index in [4.69, 9.17) is 22.7 Å². The lowest BCUT2D eigenvalue weighted by Gasteiger charge is -2.10. The molecule has 0 aliphatic rings. The summed E-state index contributed by atoms with van der Waals surface area (Å²) in [5, 5.41) is 0. The number of rotatable bonds is 4. The van der Waals surface area contributed by atoms with Gasteiger partial charge in [0.05, 0.1) is 0 Å². The minimum atomic E-state index is -0.637. The lowest BCUT2D eigenvalue weighted by molar-refractivity contribution is 0.288. The molecular weight excluding hydrogens is 270 g/mol. The number of hydrogen-bond acceptors (Lipinski definition) is 3. The number of nitrogens with two attached hydrogens (primary N) is 1. The van der Waals surface area contributed by atoms with E-state index in [1.165, 1.54) is 0 Å². The van der Waals surface area contributed by atoms with Gasteiger partial charge in [-0.05, 0) is 18.2 Å². The molecule has 1 aromatic heterocycles. The maximum Gasteiger partial charge on any atom is 0.165 e. The Bertz CT molecular complexity index is 619. The smallest absolute Gasteiger partial charge is 0.165 e. The number of halogens is 2. The molecule has 0 radical (unpaired) electrons. The molecule has 19 heavy (non-hydrogen) atoms. The first-order valence-electron chi connectivity index (χ1n) is 5.39. The van der Waals surface area contributed by atoms with Crippen LogP contribution >= 0.6 is 12.2 Å². The Morgan fingerprint density at radius 3 is 2.84 bits per heavy atom. The zero-order chi connectivity index (χ0) is 13.8. The lowest BCUT2D eigenvalue weighted by atomic mass is 10.2. The SMILES string of the molecule is NC(=S)c1ncccc1COc1cc(F)ccc1F. The van der Waals surface area contributed by atoms with E-state index in [0.29, 0.717) is 11.3 Å². The molecule has 3 nitrogen and oxygen atoms in total. The maximum atomic E-state index is 13.4. The highest BCUT2D eigenvalue weighted by Gasteiger charge is 2.09. The van der Waals surface area contributed by atoms with E-state index in [1.807, 2.05) is 0 Å². The zero-order valence-corrected chi connectivity index (χ0v) is 10.6. The van der Waals surface area contributed by atoms with Crippen LogP contribution in [0.3, 0.4) is 0 Å². The first-order valence-corrected chi connectivity index (χ1v) is 5.80. The van der Waals surface area contributed by atoms with Crippen LogP contribution in [0.25, 0.3) is 0 Å². The van der Waals surface area contributed by atoms with Gasteiger partial charge in [0.15, 0.2) is 11.6 Å². The van der Waals surface area contributed by atoms with Gasteiger partial charge in [0.25, 0.3) is 0 Å². The summed E-state index contributed by atoms with van der Waals surface area (Å²) in [6.45, 7) is 0.000880. The van der Waals surface area contributed by atoms with Crippen LogP contribution in [0, 0.1) is 11.6 Å². The highest BCUT2D eigenvalue weighted by atomic mass is 32.1. The molecule has 0 saturated carbocycles. The molecule has 0 spiro atoms. The van der Waals surface area contributed by atoms with E-state index in [0.717, 1.165) is 18.2 Å². The van der Waals surface area contributed by atoms with Crippen molar-refractivity contribution < 1.29 is 13.5 Å². The van der Waals surface area contributed by atoms with Gasteiger partial charge in [-0.25, -0.2) is 8.78 Å². The van der Waals surface area contributed by atoms with Gasteiger partial charge in [-0.1, -0.05) is 18.3 Å². The van der Waals surface area contributed by atoms with Gasteiger partial charge < -0.3 is 10.5 Å². The number of pyridine rings is 1. The summed E-state index contributed by atoms with van der Waals surface area (Å²) in [7, 11) is 0. The molecule has 2 N–H and O–H groups in total. The monoisotopic (exact) mass is 280 g/mol. The molecular formula is C13H10F2N2OS. The molecule has 0 aliphatic heterocycles. The fourth-order valence-electron chi connectivity index (χ4n) is 1.52. The molecule has 1 aromatic carbocycles. The van der Waals surface area contributed by atoms with Crippen molar-refractivity contribution in [2.75, 3.05) is 0 Å². The van der Waals surface area contributed by atoms with Crippen molar-refractivity contribution in [3.63, 3.8) is 0 Å². The second-order valence-electron chi connectivity index (χ2n) is 3.74. The minimum absolute atomic E-state index is 0.000880. The van der Waals surface area contributed by atoms with E-state index in [1.54, 1.807) is 18.3 Å². The summed E-state index contributed by atoms with van der Waals surface area (Å²) in [6, 6.07) is 6.39. The number of aromatic nitrogens is 1. The highest BCUT2D eigenvalue weighted by molar-refractivity contribution is 7.80. The molecule has 0 amide bonds. The summed E-state index contributed by atoms with van der Waals surface area (Å²) in [5.41, 5.74) is 6.54.